The normalized spacial score (nSPS) is 9.91. The Hall–Kier alpha value is -2.48. The van der Waals surface area contributed by atoms with Crippen LogP contribution in [0.3, 0.4) is 0 Å². The van der Waals surface area contributed by atoms with Crippen LogP contribution in [0.5, 0.6) is 0 Å². The van der Waals surface area contributed by atoms with Crippen LogP contribution in [-0.4, -0.2) is 49.6 Å². The summed E-state index contributed by atoms with van der Waals surface area (Å²) in [4.78, 5) is 38.1. The van der Waals surface area contributed by atoms with Gasteiger partial charge in [0.1, 0.15) is 6.54 Å². The number of carbonyl (C=O) groups is 3. The summed E-state index contributed by atoms with van der Waals surface area (Å²) in [5.74, 6) is -1.47. The number of amides is 2. The predicted molar refractivity (Wildman–Crippen MR) is 76.9 cm³/mol. The summed E-state index contributed by atoms with van der Waals surface area (Å²) >= 11 is 0. The lowest BCUT2D eigenvalue weighted by Gasteiger charge is -2.06. The van der Waals surface area contributed by atoms with Crippen LogP contribution in [0.1, 0.15) is 23.0 Å². The summed E-state index contributed by atoms with van der Waals surface area (Å²) in [5.41, 5.74) is 1.05. The largest absolute Gasteiger partial charge is 0.468 e. The molecule has 1 aromatic rings. The molecule has 8 nitrogen and oxygen atoms in total. The van der Waals surface area contributed by atoms with Crippen LogP contribution in [0.25, 0.3) is 0 Å². The van der Waals surface area contributed by atoms with Gasteiger partial charge < -0.3 is 20.1 Å². The third-order valence-corrected chi connectivity index (χ3v) is 2.61. The van der Waals surface area contributed by atoms with Gasteiger partial charge in [0.2, 0.25) is 5.91 Å². The first-order valence-electron chi connectivity index (χ1n) is 6.71. The number of nitrogens with zero attached hydrogens (tertiary/aromatic N) is 1. The highest BCUT2D eigenvalue weighted by molar-refractivity contribution is 5.96. The van der Waals surface area contributed by atoms with E-state index < -0.39 is 17.8 Å². The molecule has 0 aliphatic rings. The van der Waals surface area contributed by atoms with Gasteiger partial charge in [0.05, 0.1) is 31.5 Å². The van der Waals surface area contributed by atoms with Crippen LogP contribution in [-0.2, 0) is 25.7 Å². The van der Waals surface area contributed by atoms with Gasteiger partial charge in [-0.05, 0) is 19.1 Å². The van der Waals surface area contributed by atoms with Gasteiger partial charge in [-0.25, -0.2) is 0 Å². The molecule has 1 aromatic heterocycles. The molecule has 0 saturated heterocycles. The third kappa shape index (κ3) is 6.31. The van der Waals surface area contributed by atoms with Crippen LogP contribution in [0.2, 0.25) is 0 Å². The van der Waals surface area contributed by atoms with E-state index in [4.69, 9.17) is 4.74 Å². The molecule has 0 radical (unpaired) electrons. The summed E-state index contributed by atoms with van der Waals surface area (Å²) < 4.78 is 9.58. The van der Waals surface area contributed by atoms with Gasteiger partial charge in [0, 0.05) is 12.8 Å². The molecule has 0 atom stereocenters. The molecular weight excluding hydrogens is 290 g/mol. The summed E-state index contributed by atoms with van der Waals surface area (Å²) in [6, 6.07) is 3.28. The third-order valence-electron chi connectivity index (χ3n) is 2.61. The van der Waals surface area contributed by atoms with Gasteiger partial charge in [-0.15, -0.1) is 0 Å². The molecule has 0 bridgehead atoms. The van der Waals surface area contributed by atoms with E-state index in [9.17, 15) is 14.4 Å². The summed E-state index contributed by atoms with van der Waals surface area (Å²) in [5, 5.41) is 4.74. The molecular formula is C14H19N3O5. The lowest BCUT2D eigenvalue weighted by molar-refractivity contribution is -0.141. The number of aromatic nitrogens is 1. The Morgan fingerprint density at radius 1 is 1.18 bits per heavy atom. The van der Waals surface area contributed by atoms with Crippen LogP contribution in [0.15, 0.2) is 18.3 Å². The molecule has 0 spiro atoms. The number of pyridine rings is 1. The van der Waals surface area contributed by atoms with Crippen molar-refractivity contribution in [3.63, 3.8) is 0 Å². The predicted octanol–water partition coefficient (Wildman–Crippen LogP) is -0.363. The number of rotatable bonds is 8. The molecule has 1 rings (SSSR count). The number of ether oxygens (including phenoxy) is 2. The standard InChI is InChI=1S/C14H19N3O5/c1-3-22-9-11-5-4-10(6-15-11)14(20)17-7-12(18)16-8-13(19)21-2/h4-6H,3,7-9H2,1-2H3,(H,16,18)(H,17,20). The summed E-state index contributed by atoms with van der Waals surface area (Å²) in [7, 11) is 1.22. The molecule has 0 fully saturated rings. The molecule has 0 unspecified atom stereocenters. The monoisotopic (exact) mass is 309 g/mol. The Bertz CT molecular complexity index is 516. The Morgan fingerprint density at radius 2 is 1.95 bits per heavy atom. The first kappa shape index (κ1) is 17.6. The molecule has 0 aromatic carbocycles. The quantitative estimate of drug-likeness (QED) is 0.635. The average molecular weight is 309 g/mol. The first-order valence-corrected chi connectivity index (χ1v) is 6.71. The van der Waals surface area contributed by atoms with Crippen molar-refractivity contribution in [2.75, 3.05) is 26.8 Å². The van der Waals surface area contributed by atoms with Crippen LogP contribution >= 0.6 is 0 Å². The van der Waals surface area contributed by atoms with Crippen molar-refractivity contribution in [3.05, 3.63) is 29.6 Å². The van der Waals surface area contributed by atoms with Gasteiger partial charge in [0.15, 0.2) is 0 Å². The first-order chi connectivity index (χ1) is 10.6. The second-order valence-electron chi connectivity index (χ2n) is 4.21. The molecule has 0 aliphatic carbocycles. The molecule has 1 heterocycles. The minimum absolute atomic E-state index is 0.237. The summed E-state index contributed by atoms with van der Waals surface area (Å²) in [6.45, 7) is 2.38. The SMILES string of the molecule is CCOCc1ccc(C(=O)NCC(=O)NCC(=O)OC)cn1. The van der Waals surface area contributed by atoms with Crippen molar-refractivity contribution >= 4 is 17.8 Å². The van der Waals surface area contributed by atoms with Crippen molar-refractivity contribution in [2.24, 2.45) is 0 Å². The van der Waals surface area contributed by atoms with Crippen molar-refractivity contribution in [2.45, 2.75) is 13.5 Å². The Kier molecular flexibility index (Phi) is 7.55. The molecule has 0 aliphatic heterocycles. The molecule has 2 amide bonds. The zero-order chi connectivity index (χ0) is 16.4. The number of hydrogen-bond acceptors (Lipinski definition) is 6. The minimum Gasteiger partial charge on any atom is -0.468 e. The van der Waals surface area contributed by atoms with Crippen molar-refractivity contribution in [1.82, 2.24) is 15.6 Å². The van der Waals surface area contributed by atoms with Crippen molar-refractivity contribution in [1.29, 1.82) is 0 Å². The lowest BCUT2D eigenvalue weighted by atomic mass is 10.2. The number of methoxy groups -OCH3 is 1. The highest BCUT2D eigenvalue weighted by atomic mass is 16.5. The fourth-order valence-electron chi connectivity index (χ4n) is 1.42. The average Bonchev–Trinajstić information content (AvgIpc) is 2.55. The Morgan fingerprint density at radius 3 is 2.55 bits per heavy atom. The van der Waals surface area contributed by atoms with Gasteiger partial charge in [-0.2, -0.15) is 0 Å². The second kappa shape index (κ2) is 9.46. The molecule has 2 N–H and O–H groups in total. The van der Waals surface area contributed by atoms with E-state index in [1.807, 2.05) is 6.92 Å². The van der Waals surface area contributed by atoms with Crippen LogP contribution in [0.4, 0.5) is 0 Å². The second-order valence-corrected chi connectivity index (χ2v) is 4.21. The maximum atomic E-state index is 11.8. The summed E-state index contributed by atoms with van der Waals surface area (Å²) in [6.07, 6.45) is 1.41. The van der Waals surface area contributed by atoms with Gasteiger partial charge in [-0.3, -0.25) is 19.4 Å². The van der Waals surface area contributed by atoms with Gasteiger partial charge in [-0.1, -0.05) is 0 Å². The number of hydrogen-bond donors (Lipinski definition) is 2. The lowest BCUT2D eigenvalue weighted by Crippen LogP contribution is -2.39. The van der Waals surface area contributed by atoms with E-state index in [0.29, 0.717) is 24.5 Å². The van der Waals surface area contributed by atoms with E-state index in [1.54, 1.807) is 12.1 Å². The number of esters is 1. The fourth-order valence-corrected chi connectivity index (χ4v) is 1.42. The molecule has 22 heavy (non-hydrogen) atoms. The maximum absolute atomic E-state index is 11.8. The van der Waals surface area contributed by atoms with E-state index in [-0.39, 0.29) is 13.1 Å². The molecule has 0 saturated carbocycles. The highest BCUT2D eigenvalue weighted by Crippen LogP contribution is 2.01. The smallest absolute Gasteiger partial charge is 0.325 e. The van der Waals surface area contributed by atoms with Crippen LogP contribution < -0.4 is 10.6 Å². The molecule has 8 heteroatoms. The van der Waals surface area contributed by atoms with E-state index in [2.05, 4.69) is 20.4 Å². The van der Waals surface area contributed by atoms with Crippen molar-refractivity contribution < 1.29 is 23.9 Å². The maximum Gasteiger partial charge on any atom is 0.325 e. The van der Waals surface area contributed by atoms with Crippen molar-refractivity contribution in [3.8, 4) is 0 Å². The fraction of sp³-hybridized carbons (Fsp3) is 0.429. The minimum atomic E-state index is -0.561. The van der Waals surface area contributed by atoms with E-state index in [0.717, 1.165) is 0 Å². The molecule has 120 valence electrons. The zero-order valence-corrected chi connectivity index (χ0v) is 12.5. The number of nitrogens with one attached hydrogen (secondary N) is 2. The number of carbonyl (C=O) groups excluding carboxylic acids is 3. The topological polar surface area (TPSA) is 107 Å². The van der Waals surface area contributed by atoms with Gasteiger partial charge in [0.25, 0.3) is 5.91 Å². The van der Waals surface area contributed by atoms with E-state index >= 15 is 0 Å². The Labute approximate surface area is 128 Å². The Balaban J connectivity index is 2.38. The zero-order valence-electron chi connectivity index (χ0n) is 12.5. The highest BCUT2D eigenvalue weighted by Gasteiger charge is 2.09. The van der Waals surface area contributed by atoms with E-state index in [1.165, 1.54) is 13.3 Å². The van der Waals surface area contributed by atoms with Crippen LogP contribution in [0, 0.1) is 0 Å². The van der Waals surface area contributed by atoms with Gasteiger partial charge >= 0.3 is 5.97 Å².